The number of furan rings is 1. The van der Waals surface area contributed by atoms with Gasteiger partial charge < -0.3 is 14.1 Å². The smallest absolute Gasteiger partial charge is 0.289 e. The van der Waals surface area contributed by atoms with Gasteiger partial charge in [0.25, 0.3) is 5.91 Å². The number of benzene rings is 1. The Morgan fingerprint density at radius 2 is 2.07 bits per heavy atom. The van der Waals surface area contributed by atoms with Crippen LogP contribution in [0, 0.1) is 6.92 Å². The number of halogens is 1. The summed E-state index contributed by atoms with van der Waals surface area (Å²) in [6.07, 6.45) is 1.91. The van der Waals surface area contributed by atoms with Crippen LogP contribution >= 0.6 is 15.9 Å². The molecule has 3 rings (SSSR count). The molecule has 0 saturated carbocycles. The van der Waals surface area contributed by atoms with Crippen molar-refractivity contribution < 1.29 is 13.9 Å². The fourth-order valence-electron chi connectivity index (χ4n) is 3.15. The molecule has 0 saturated heterocycles. The van der Waals surface area contributed by atoms with Crippen molar-refractivity contribution in [1.82, 2.24) is 14.7 Å². The van der Waals surface area contributed by atoms with Gasteiger partial charge >= 0.3 is 0 Å². The van der Waals surface area contributed by atoms with Crippen molar-refractivity contribution >= 4 is 21.8 Å². The maximum Gasteiger partial charge on any atom is 0.289 e. The Hall–Kier alpha value is -2.54. The fourth-order valence-corrected chi connectivity index (χ4v) is 3.59. The van der Waals surface area contributed by atoms with Crippen molar-refractivity contribution in [3.8, 4) is 5.75 Å². The number of carbonyl (C=O) groups is 1. The molecular formula is C23H28BrN3O3. The van der Waals surface area contributed by atoms with E-state index < -0.39 is 0 Å². The minimum Gasteiger partial charge on any atom is -0.485 e. The number of carbonyl (C=O) groups excluding carboxylic acids is 1. The number of hydrogen-bond donors (Lipinski definition) is 0. The maximum absolute atomic E-state index is 12.8. The quantitative estimate of drug-likeness (QED) is 0.430. The molecule has 1 aromatic carbocycles. The molecule has 0 fully saturated rings. The standard InChI is InChI=1S/C23H28BrN3O3/c1-6-27-12-19(24)20(25-27)13-26(5)23(28)21-10-8-17(30-21)14-29-22-11-16(4)7-9-18(22)15(2)3/h7-12,15H,6,13-14H2,1-5H3. The highest BCUT2D eigenvalue weighted by molar-refractivity contribution is 9.10. The second-order valence-electron chi connectivity index (χ2n) is 7.69. The van der Waals surface area contributed by atoms with E-state index in [0.717, 1.165) is 33.6 Å². The van der Waals surface area contributed by atoms with E-state index in [2.05, 4.69) is 47.0 Å². The summed E-state index contributed by atoms with van der Waals surface area (Å²) in [7, 11) is 1.74. The Morgan fingerprint density at radius 3 is 2.73 bits per heavy atom. The lowest BCUT2D eigenvalue weighted by Gasteiger charge is -2.15. The van der Waals surface area contributed by atoms with Gasteiger partial charge in [-0.3, -0.25) is 9.48 Å². The lowest BCUT2D eigenvalue weighted by molar-refractivity contribution is 0.0747. The Balaban J connectivity index is 1.65. The largest absolute Gasteiger partial charge is 0.485 e. The van der Waals surface area contributed by atoms with E-state index in [1.165, 1.54) is 0 Å². The zero-order chi connectivity index (χ0) is 21.8. The van der Waals surface area contributed by atoms with Crippen LogP contribution in [0.4, 0.5) is 0 Å². The molecule has 6 nitrogen and oxygen atoms in total. The van der Waals surface area contributed by atoms with Gasteiger partial charge in [-0.1, -0.05) is 26.0 Å². The van der Waals surface area contributed by atoms with E-state index >= 15 is 0 Å². The Labute approximate surface area is 185 Å². The molecule has 7 heteroatoms. The average Bonchev–Trinajstić information content (AvgIpc) is 3.32. The van der Waals surface area contributed by atoms with Crippen molar-refractivity contribution in [3.63, 3.8) is 0 Å². The van der Waals surface area contributed by atoms with Gasteiger partial charge in [0.1, 0.15) is 18.1 Å². The van der Waals surface area contributed by atoms with E-state index in [1.807, 2.05) is 30.8 Å². The number of ether oxygens (including phenoxy) is 1. The first kappa shape index (κ1) is 22.2. The Bertz CT molecular complexity index is 1020. The predicted molar refractivity (Wildman–Crippen MR) is 120 cm³/mol. The van der Waals surface area contributed by atoms with Gasteiger partial charge in [0.2, 0.25) is 0 Å². The molecule has 3 aromatic rings. The molecule has 0 bridgehead atoms. The summed E-state index contributed by atoms with van der Waals surface area (Å²) in [5.41, 5.74) is 3.10. The molecule has 0 aliphatic rings. The second kappa shape index (κ2) is 9.51. The molecule has 0 N–H and O–H groups in total. The van der Waals surface area contributed by atoms with Gasteiger partial charge in [0.15, 0.2) is 5.76 Å². The highest BCUT2D eigenvalue weighted by atomic mass is 79.9. The van der Waals surface area contributed by atoms with Gasteiger partial charge in [-0.25, -0.2) is 0 Å². The van der Waals surface area contributed by atoms with Crippen LogP contribution in [0.2, 0.25) is 0 Å². The SMILES string of the molecule is CCn1cc(Br)c(CN(C)C(=O)c2ccc(COc3cc(C)ccc3C(C)C)o2)n1. The van der Waals surface area contributed by atoms with Crippen LogP contribution in [-0.2, 0) is 19.7 Å². The van der Waals surface area contributed by atoms with E-state index in [1.54, 1.807) is 24.1 Å². The molecule has 0 atom stereocenters. The highest BCUT2D eigenvalue weighted by Gasteiger charge is 2.19. The van der Waals surface area contributed by atoms with Crippen LogP contribution in [0.15, 0.2) is 45.4 Å². The molecule has 160 valence electrons. The van der Waals surface area contributed by atoms with E-state index in [4.69, 9.17) is 9.15 Å². The monoisotopic (exact) mass is 473 g/mol. The molecule has 0 aliphatic carbocycles. The van der Waals surface area contributed by atoms with Crippen molar-refractivity contribution in [1.29, 1.82) is 0 Å². The number of rotatable bonds is 8. The number of amides is 1. The summed E-state index contributed by atoms with van der Waals surface area (Å²) in [4.78, 5) is 14.3. The average molecular weight is 474 g/mol. The third kappa shape index (κ3) is 5.14. The van der Waals surface area contributed by atoms with Gasteiger partial charge in [0.05, 0.1) is 16.7 Å². The summed E-state index contributed by atoms with van der Waals surface area (Å²) >= 11 is 3.50. The summed E-state index contributed by atoms with van der Waals surface area (Å²) in [6.45, 7) is 9.77. The summed E-state index contributed by atoms with van der Waals surface area (Å²) < 4.78 is 14.5. The first-order valence-corrected chi connectivity index (χ1v) is 10.9. The van der Waals surface area contributed by atoms with E-state index in [9.17, 15) is 4.79 Å². The van der Waals surface area contributed by atoms with Crippen LogP contribution in [0.25, 0.3) is 0 Å². The highest BCUT2D eigenvalue weighted by Crippen LogP contribution is 2.28. The third-order valence-corrected chi connectivity index (χ3v) is 5.54. The maximum atomic E-state index is 12.8. The zero-order valence-corrected chi connectivity index (χ0v) is 19.7. The van der Waals surface area contributed by atoms with Crippen LogP contribution < -0.4 is 4.74 Å². The van der Waals surface area contributed by atoms with Gasteiger partial charge in [0, 0.05) is 19.8 Å². The molecule has 2 aromatic heterocycles. The lowest BCUT2D eigenvalue weighted by atomic mass is 10.0. The van der Waals surface area contributed by atoms with Crippen molar-refractivity contribution in [3.05, 3.63) is 69.3 Å². The van der Waals surface area contributed by atoms with Crippen LogP contribution in [-0.4, -0.2) is 27.6 Å². The number of hydrogen-bond acceptors (Lipinski definition) is 4. The molecule has 0 spiro atoms. The van der Waals surface area contributed by atoms with Crippen LogP contribution in [0.3, 0.4) is 0 Å². The second-order valence-corrected chi connectivity index (χ2v) is 8.55. The summed E-state index contributed by atoms with van der Waals surface area (Å²) in [5, 5.41) is 4.47. The summed E-state index contributed by atoms with van der Waals surface area (Å²) in [5.74, 6) is 1.91. The van der Waals surface area contributed by atoms with E-state index in [0.29, 0.717) is 18.2 Å². The van der Waals surface area contributed by atoms with Crippen LogP contribution in [0.5, 0.6) is 5.75 Å². The molecule has 30 heavy (non-hydrogen) atoms. The molecule has 1 amide bonds. The topological polar surface area (TPSA) is 60.5 Å². The lowest BCUT2D eigenvalue weighted by Crippen LogP contribution is -2.26. The molecule has 2 heterocycles. The number of aryl methyl sites for hydroxylation is 2. The third-order valence-electron chi connectivity index (χ3n) is 4.88. The summed E-state index contributed by atoms with van der Waals surface area (Å²) in [6, 6.07) is 9.69. The fraction of sp³-hybridized carbons (Fsp3) is 0.391. The van der Waals surface area contributed by atoms with Gasteiger partial charge in [-0.05, 0) is 65.0 Å². The molecule has 0 aliphatic heterocycles. The van der Waals surface area contributed by atoms with Gasteiger partial charge in [-0.2, -0.15) is 5.10 Å². The minimum absolute atomic E-state index is 0.197. The minimum atomic E-state index is -0.197. The Kier molecular flexibility index (Phi) is 7.02. The van der Waals surface area contributed by atoms with Crippen molar-refractivity contribution in [2.45, 2.75) is 53.3 Å². The predicted octanol–water partition coefficient (Wildman–Crippen LogP) is 5.54. The van der Waals surface area contributed by atoms with Crippen molar-refractivity contribution in [2.75, 3.05) is 7.05 Å². The normalized spacial score (nSPS) is 11.2. The molecular weight excluding hydrogens is 446 g/mol. The van der Waals surface area contributed by atoms with Crippen LogP contribution in [0.1, 0.15) is 59.8 Å². The molecule has 0 radical (unpaired) electrons. The van der Waals surface area contributed by atoms with E-state index in [-0.39, 0.29) is 18.3 Å². The number of aromatic nitrogens is 2. The first-order chi connectivity index (χ1) is 14.3. The van der Waals surface area contributed by atoms with Gasteiger partial charge in [-0.15, -0.1) is 0 Å². The first-order valence-electron chi connectivity index (χ1n) is 10.1. The number of nitrogens with zero attached hydrogens (tertiary/aromatic N) is 3. The van der Waals surface area contributed by atoms with Crippen molar-refractivity contribution in [2.24, 2.45) is 0 Å². The zero-order valence-electron chi connectivity index (χ0n) is 18.1. The Morgan fingerprint density at radius 1 is 1.30 bits per heavy atom. The molecule has 0 unspecified atom stereocenters.